The molecule has 0 aliphatic rings. The van der Waals surface area contributed by atoms with Crippen molar-refractivity contribution >= 4 is 0 Å². The second-order valence-corrected chi connectivity index (χ2v) is 6.12. The van der Waals surface area contributed by atoms with Gasteiger partial charge in [-0.2, -0.15) is 0 Å². The monoisotopic (exact) mass is 290 g/mol. The normalized spacial score (nSPS) is 12.5. The molecule has 0 aromatic carbocycles. The van der Waals surface area contributed by atoms with Crippen LogP contribution in [0, 0.1) is 6.92 Å². The molecule has 1 rings (SSSR count). The molecule has 1 N–H and O–H groups in total. The molecule has 21 heavy (non-hydrogen) atoms. The predicted octanol–water partition coefficient (Wildman–Crippen LogP) is 5.57. The van der Waals surface area contributed by atoms with Crippen LogP contribution >= 0.6 is 0 Å². The molecule has 0 aliphatic heterocycles. The van der Waals surface area contributed by atoms with Gasteiger partial charge in [-0.05, 0) is 37.9 Å². The highest BCUT2D eigenvalue weighted by Crippen LogP contribution is 2.21. The van der Waals surface area contributed by atoms with Crippen molar-refractivity contribution in [1.29, 1.82) is 0 Å². The molecule has 0 aliphatic carbocycles. The van der Waals surface area contributed by atoms with Crippen LogP contribution in [-0.2, 0) is 0 Å². The minimum absolute atomic E-state index is 0.432. The molecule has 1 unspecified atom stereocenters. The molecule has 0 saturated heterocycles. The summed E-state index contributed by atoms with van der Waals surface area (Å²) in [7, 11) is 0. The molecule has 120 valence electrons. The molecule has 0 bridgehead atoms. The number of aromatic nitrogens is 1. The fourth-order valence-electron chi connectivity index (χ4n) is 2.82. The molecule has 2 nitrogen and oxygen atoms in total. The van der Waals surface area contributed by atoms with E-state index in [1.165, 1.54) is 69.0 Å². The number of unbranched alkanes of at least 4 members (excludes halogenated alkanes) is 6. The van der Waals surface area contributed by atoms with Crippen molar-refractivity contribution in [2.75, 3.05) is 6.54 Å². The molecular weight excluding hydrogens is 256 g/mol. The summed E-state index contributed by atoms with van der Waals surface area (Å²) in [6, 6.07) is 4.64. The fraction of sp³-hybridized carbons (Fsp3) is 0.737. The van der Waals surface area contributed by atoms with E-state index in [1.54, 1.807) is 0 Å². The largest absolute Gasteiger partial charge is 0.309 e. The van der Waals surface area contributed by atoms with Gasteiger partial charge in [-0.3, -0.25) is 4.98 Å². The number of nitrogens with zero attached hydrogens (tertiary/aromatic N) is 1. The first-order chi connectivity index (χ1) is 10.3. The van der Waals surface area contributed by atoms with Gasteiger partial charge in [-0.15, -0.1) is 0 Å². The van der Waals surface area contributed by atoms with E-state index >= 15 is 0 Å². The smallest absolute Gasteiger partial charge is 0.0602 e. The van der Waals surface area contributed by atoms with Gasteiger partial charge in [0.15, 0.2) is 0 Å². The zero-order valence-electron chi connectivity index (χ0n) is 14.3. The van der Waals surface area contributed by atoms with E-state index in [1.807, 2.05) is 12.3 Å². The molecule has 0 amide bonds. The van der Waals surface area contributed by atoms with Crippen LogP contribution in [0.15, 0.2) is 18.3 Å². The van der Waals surface area contributed by atoms with Gasteiger partial charge in [0, 0.05) is 12.2 Å². The quantitative estimate of drug-likeness (QED) is 0.509. The molecule has 1 aromatic rings. The third kappa shape index (κ3) is 7.61. The van der Waals surface area contributed by atoms with Crippen molar-refractivity contribution in [3.05, 3.63) is 29.6 Å². The van der Waals surface area contributed by atoms with E-state index in [-0.39, 0.29) is 0 Å². The molecule has 2 heteroatoms. The van der Waals surface area contributed by atoms with Crippen LogP contribution in [0.5, 0.6) is 0 Å². The maximum atomic E-state index is 4.61. The Bertz CT molecular complexity index is 362. The number of pyridine rings is 1. The van der Waals surface area contributed by atoms with Gasteiger partial charge in [0.1, 0.15) is 0 Å². The summed E-state index contributed by atoms with van der Waals surface area (Å²) in [5.41, 5.74) is 2.56. The van der Waals surface area contributed by atoms with Crippen molar-refractivity contribution in [1.82, 2.24) is 10.3 Å². The molecule has 1 aromatic heterocycles. The first-order valence-corrected chi connectivity index (χ1v) is 8.94. The first-order valence-electron chi connectivity index (χ1n) is 8.94. The third-order valence-corrected chi connectivity index (χ3v) is 4.12. The van der Waals surface area contributed by atoms with Crippen molar-refractivity contribution < 1.29 is 0 Å². The lowest BCUT2D eigenvalue weighted by Crippen LogP contribution is -2.23. The fourth-order valence-corrected chi connectivity index (χ4v) is 2.82. The lowest BCUT2D eigenvalue weighted by molar-refractivity contribution is 0.456. The van der Waals surface area contributed by atoms with Crippen molar-refractivity contribution in [3.63, 3.8) is 0 Å². The minimum Gasteiger partial charge on any atom is -0.309 e. The van der Waals surface area contributed by atoms with Gasteiger partial charge in [-0.1, -0.05) is 64.9 Å². The van der Waals surface area contributed by atoms with Gasteiger partial charge in [-0.25, -0.2) is 0 Å². The van der Waals surface area contributed by atoms with E-state index in [2.05, 4.69) is 37.1 Å². The average Bonchev–Trinajstić information content (AvgIpc) is 2.50. The Labute approximate surface area is 131 Å². The molecular formula is C19H34N2. The van der Waals surface area contributed by atoms with E-state index in [4.69, 9.17) is 0 Å². The van der Waals surface area contributed by atoms with Crippen molar-refractivity contribution in [2.24, 2.45) is 0 Å². The van der Waals surface area contributed by atoms with Crippen LogP contribution in [0.25, 0.3) is 0 Å². The Morgan fingerprint density at radius 1 is 1.00 bits per heavy atom. The third-order valence-electron chi connectivity index (χ3n) is 4.12. The molecule has 1 heterocycles. The Morgan fingerprint density at radius 2 is 1.71 bits per heavy atom. The van der Waals surface area contributed by atoms with Gasteiger partial charge in [0.25, 0.3) is 0 Å². The molecule has 0 spiro atoms. The maximum absolute atomic E-state index is 4.61. The number of aryl methyl sites for hydroxylation is 1. The lowest BCUT2D eigenvalue weighted by Gasteiger charge is -2.19. The topological polar surface area (TPSA) is 24.9 Å². The Hall–Kier alpha value is -0.890. The zero-order valence-corrected chi connectivity index (χ0v) is 14.3. The summed E-state index contributed by atoms with van der Waals surface area (Å²) in [5, 5.41) is 3.68. The van der Waals surface area contributed by atoms with Crippen LogP contribution in [0.4, 0.5) is 0 Å². The number of nitrogens with one attached hydrogen (secondary N) is 1. The summed E-state index contributed by atoms with van der Waals surface area (Å²) in [6.07, 6.45) is 13.9. The summed E-state index contributed by atoms with van der Waals surface area (Å²) in [4.78, 5) is 4.61. The molecule has 1 atom stereocenters. The number of hydrogen-bond donors (Lipinski definition) is 1. The van der Waals surface area contributed by atoms with Gasteiger partial charge >= 0.3 is 0 Å². The van der Waals surface area contributed by atoms with Crippen LogP contribution in [-0.4, -0.2) is 11.5 Å². The van der Waals surface area contributed by atoms with E-state index in [0.29, 0.717) is 6.04 Å². The van der Waals surface area contributed by atoms with Crippen LogP contribution < -0.4 is 5.32 Å². The Balaban J connectivity index is 2.35. The van der Waals surface area contributed by atoms with Crippen LogP contribution in [0.1, 0.15) is 88.9 Å². The van der Waals surface area contributed by atoms with Gasteiger partial charge in [0.05, 0.1) is 5.69 Å². The highest BCUT2D eigenvalue weighted by molar-refractivity contribution is 5.21. The second kappa shape index (κ2) is 11.7. The second-order valence-electron chi connectivity index (χ2n) is 6.12. The Kier molecular flexibility index (Phi) is 10.1. The zero-order chi connectivity index (χ0) is 15.3. The van der Waals surface area contributed by atoms with E-state index < -0.39 is 0 Å². The highest BCUT2D eigenvalue weighted by atomic mass is 14.9. The number of rotatable bonds is 12. The van der Waals surface area contributed by atoms with E-state index in [9.17, 15) is 0 Å². The lowest BCUT2D eigenvalue weighted by atomic mass is 10.00. The summed E-state index contributed by atoms with van der Waals surface area (Å²) in [6.45, 7) is 7.76. The minimum atomic E-state index is 0.432. The van der Waals surface area contributed by atoms with Crippen molar-refractivity contribution in [2.45, 2.75) is 84.6 Å². The standard InChI is InChI=1S/C19H34N2/c1-4-6-7-8-9-10-11-14-18(20-15-5-2)19-17(3)13-12-16-21-19/h12-13,16,18,20H,4-11,14-15H2,1-3H3. The maximum Gasteiger partial charge on any atom is 0.0602 e. The first kappa shape index (κ1) is 18.2. The molecule has 0 fully saturated rings. The van der Waals surface area contributed by atoms with Crippen molar-refractivity contribution in [3.8, 4) is 0 Å². The molecule has 0 radical (unpaired) electrons. The predicted molar refractivity (Wildman–Crippen MR) is 92.6 cm³/mol. The van der Waals surface area contributed by atoms with E-state index in [0.717, 1.165) is 6.54 Å². The van der Waals surface area contributed by atoms with Gasteiger partial charge < -0.3 is 5.32 Å². The van der Waals surface area contributed by atoms with Crippen LogP contribution in [0.3, 0.4) is 0 Å². The molecule has 0 saturated carbocycles. The average molecular weight is 290 g/mol. The Morgan fingerprint density at radius 3 is 2.38 bits per heavy atom. The summed E-state index contributed by atoms with van der Waals surface area (Å²) >= 11 is 0. The van der Waals surface area contributed by atoms with Gasteiger partial charge in [0.2, 0.25) is 0 Å². The number of hydrogen-bond acceptors (Lipinski definition) is 2. The SMILES string of the molecule is CCCCCCCCCC(NCCC)c1ncccc1C. The van der Waals surface area contributed by atoms with Crippen LogP contribution in [0.2, 0.25) is 0 Å². The summed E-state index contributed by atoms with van der Waals surface area (Å²) < 4.78 is 0. The highest BCUT2D eigenvalue weighted by Gasteiger charge is 2.13. The summed E-state index contributed by atoms with van der Waals surface area (Å²) in [5.74, 6) is 0.